The summed E-state index contributed by atoms with van der Waals surface area (Å²) in [6.45, 7) is 0.647. The van der Waals surface area contributed by atoms with Crippen LogP contribution in [0.3, 0.4) is 0 Å². The summed E-state index contributed by atoms with van der Waals surface area (Å²) in [5.41, 5.74) is 0. The van der Waals surface area contributed by atoms with E-state index >= 15 is 0 Å². The molecule has 0 radical (unpaired) electrons. The lowest BCUT2D eigenvalue weighted by molar-refractivity contribution is -0.536. The van der Waals surface area contributed by atoms with Gasteiger partial charge in [-0.25, -0.2) is 0 Å². The summed E-state index contributed by atoms with van der Waals surface area (Å²) in [5, 5.41) is 26.7. The minimum absolute atomic E-state index is 0.620. The maximum atomic E-state index is 9.86. The Labute approximate surface area is 52.1 Å². The third kappa shape index (κ3) is 2.39. The molecule has 5 nitrogen and oxygen atoms in total. The molecule has 0 heterocycles. The first-order chi connectivity index (χ1) is 4.09. The first-order valence-electron chi connectivity index (χ1n) is 2.52. The van der Waals surface area contributed by atoms with Gasteiger partial charge >= 0.3 is 0 Å². The molecule has 0 aromatic carbocycles. The monoisotopic (exact) mass is 135 g/mol. The Morgan fingerprint density at radius 1 is 1.78 bits per heavy atom. The van der Waals surface area contributed by atoms with Crippen molar-refractivity contribution in [2.75, 3.05) is 6.61 Å². The van der Waals surface area contributed by atoms with Gasteiger partial charge in [0.15, 0.2) is 0 Å². The SMILES string of the molecule is CC(O)C(CO)[N+](=O)[O-]. The summed E-state index contributed by atoms with van der Waals surface area (Å²) in [7, 11) is 0. The number of rotatable bonds is 3. The van der Waals surface area contributed by atoms with Gasteiger partial charge in [-0.05, 0) is 6.92 Å². The molecular formula is C4H9NO4. The topological polar surface area (TPSA) is 83.6 Å². The standard InChI is InChI=1S/C4H9NO4/c1-3(7)4(2-6)5(8)9/h3-4,6-7H,2H2,1H3. The number of aliphatic hydroxyl groups is 2. The van der Waals surface area contributed by atoms with Crippen molar-refractivity contribution >= 4 is 0 Å². The molecule has 0 aromatic heterocycles. The van der Waals surface area contributed by atoms with E-state index in [0.717, 1.165) is 0 Å². The molecule has 9 heavy (non-hydrogen) atoms. The van der Waals surface area contributed by atoms with E-state index in [2.05, 4.69) is 0 Å². The van der Waals surface area contributed by atoms with Crippen molar-refractivity contribution < 1.29 is 15.1 Å². The molecule has 2 unspecified atom stereocenters. The van der Waals surface area contributed by atoms with Crippen molar-refractivity contribution in [1.82, 2.24) is 0 Å². The molecule has 2 N–H and O–H groups in total. The van der Waals surface area contributed by atoms with E-state index in [1.54, 1.807) is 0 Å². The summed E-state index contributed by atoms with van der Waals surface area (Å²) in [5.74, 6) is 0. The lowest BCUT2D eigenvalue weighted by atomic mass is 10.2. The molecule has 0 saturated heterocycles. The van der Waals surface area contributed by atoms with E-state index in [9.17, 15) is 10.1 Å². The van der Waals surface area contributed by atoms with E-state index in [1.165, 1.54) is 6.92 Å². The molecule has 0 aliphatic carbocycles. The number of nitrogens with zero attached hydrogens (tertiary/aromatic N) is 1. The number of hydrogen-bond acceptors (Lipinski definition) is 4. The molecule has 0 bridgehead atoms. The Morgan fingerprint density at radius 3 is 2.22 bits per heavy atom. The molecule has 0 aliphatic rings. The maximum absolute atomic E-state index is 9.86. The second kappa shape index (κ2) is 3.37. The van der Waals surface area contributed by atoms with Gasteiger partial charge < -0.3 is 10.2 Å². The highest BCUT2D eigenvalue weighted by molar-refractivity contribution is 4.59. The second-order valence-electron chi connectivity index (χ2n) is 1.78. The van der Waals surface area contributed by atoms with Gasteiger partial charge in [0, 0.05) is 4.92 Å². The van der Waals surface area contributed by atoms with E-state index in [1.807, 2.05) is 0 Å². The molecule has 0 aromatic rings. The van der Waals surface area contributed by atoms with Crippen LogP contribution in [0.5, 0.6) is 0 Å². The van der Waals surface area contributed by atoms with Gasteiger partial charge in [-0.2, -0.15) is 0 Å². The van der Waals surface area contributed by atoms with Crippen LogP contribution in [0.25, 0.3) is 0 Å². The third-order valence-corrected chi connectivity index (χ3v) is 1.01. The van der Waals surface area contributed by atoms with Crippen LogP contribution in [-0.4, -0.2) is 33.9 Å². The Morgan fingerprint density at radius 2 is 2.22 bits per heavy atom. The molecular weight excluding hydrogens is 126 g/mol. The van der Waals surface area contributed by atoms with Crippen LogP contribution < -0.4 is 0 Å². The predicted molar refractivity (Wildman–Crippen MR) is 29.5 cm³/mol. The van der Waals surface area contributed by atoms with Crippen molar-refractivity contribution in [2.24, 2.45) is 0 Å². The van der Waals surface area contributed by atoms with Crippen LogP contribution in [0.2, 0.25) is 0 Å². The molecule has 54 valence electrons. The quantitative estimate of drug-likeness (QED) is 0.384. The van der Waals surface area contributed by atoms with Gasteiger partial charge in [0.2, 0.25) is 0 Å². The smallest absolute Gasteiger partial charge is 0.260 e. The molecule has 0 spiro atoms. The van der Waals surface area contributed by atoms with Gasteiger partial charge in [-0.3, -0.25) is 10.1 Å². The predicted octanol–water partition coefficient (Wildman–Crippen LogP) is -0.995. The molecule has 2 atom stereocenters. The maximum Gasteiger partial charge on any atom is 0.260 e. The largest absolute Gasteiger partial charge is 0.389 e. The van der Waals surface area contributed by atoms with Crippen molar-refractivity contribution in [3.05, 3.63) is 10.1 Å². The normalized spacial score (nSPS) is 16.8. The number of aliphatic hydroxyl groups excluding tert-OH is 2. The van der Waals surface area contributed by atoms with Crippen LogP contribution in [-0.2, 0) is 0 Å². The van der Waals surface area contributed by atoms with Gasteiger partial charge in [0.25, 0.3) is 6.04 Å². The summed E-state index contributed by atoms with van der Waals surface area (Å²) in [6.07, 6.45) is -1.09. The zero-order valence-electron chi connectivity index (χ0n) is 5.02. The fourth-order valence-corrected chi connectivity index (χ4v) is 0.395. The lowest BCUT2D eigenvalue weighted by Crippen LogP contribution is -2.34. The summed E-state index contributed by atoms with van der Waals surface area (Å²) in [6, 6.07) is -1.25. The van der Waals surface area contributed by atoms with E-state index in [-0.39, 0.29) is 0 Å². The first-order valence-corrected chi connectivity index (χ1v) is 2.52. The van der Waals surface area contributed by atoms with Crippen molar-refractivity contribution in [2.45, 2.75) is 19.1 Å². The van der Waals surface area contributed by atoms with E-state index in [4.69, 9.17) is 10.2 Å². The second-order valence-corrected chi connectivity index (χ2v) is 1.78. The number of nitro groups is 1. The first kappa shape index (κ1) is 8.32. The minimum atomic E-state index is -1.25. The van der Waals surface area contributed by atoms with Crippen molar-refractivity contribution in [1.29, 1.82) is 0 Å². The average molecular weight is 135 g/mol. The molecule has 5 heteroatoms. The van der Waals surface area contributed by atoms with Gasteiger partial charge in [0.05, 0.1) is 0 Å². The fraction of sp³-hybridized carbons (Fsp3) is 1.00. The van der Waals surface area contributed by atoms with Crippen LogP contribution in [0.4, 0.5) is 0 Å². The molecule has 0 saturated carbocycles. The van der Waals surface area contributed by atoms with Gasteiger partial charge in [0.1, 0.15) is 12.7 Å². The van der Waals surface area contributed by atoms with Crippen molar-refractivity contribution in [3.8, 4) is 0 Å². The average Bonchev–Trinajstić information content (AvgIpc) is 1.64. The fourth-order valence-electron chi connectivity index (χ4n) is 0.395. The molecule has 0 amide bonds. The lowest BCUT2D eigenvalue weighted by Gasteiger charge is -2.07. The highest BCUT2D eigenvalue weighted by atomic mass is 16.6. The van der Waals surface area contributed by atoms with E-state index < -0.39 is 23.7 Å². The Hall–Kier alpha value is -0.680. The highest BCUT2D eigenvalue weighted by Crippen LogP contribution is 1.94. The van der Waals surface area contributed by atoms with E-state index in [0.29, 0.717) is 0 Å². The summed E-state index contributed by atoms with van der Waals surface area (Å²) < 4.78 is 0. The van der Waals surface area contributed by atoms with Gasteiger partial charge in [-0.15, -0.1) is 0 Å². The van der Waals surface area contributed by atoms with Crippen LogP contribution in [0, 0.1) is 10.1 Å². The molecule has 0 fully saturated rings. The Bertz CT molecular complexity index is 103. The summed E-state index contributed by atoms with van der Waals surface area (Å²) >= 11 is 0. The van der Waals surface area contributed by atoms with Gasteiger partial charge in [-0.1, -0.05) is 0 Å². The molecule has 0 rings (SSSR count). The zero-order chi connectivity index (χ0) is 7.44. The zero-order valence-corrected chi connectivity index (χ0v) is 5.02. The Balaban J connectivity index is 3.83. The van der Waals surface area contributed by atoms with Crippen LogP contribution >= 0.6 is 0 Å². The minimum Gasteiger partial charge on any atom is -0.389 e. The third-order valence-electron chi connectivity index (χ3n) is 1.01. The van der Waals surface area contributed by atoms with Crippen LogP contribution in [0.1, 0.15) is 6.92 Å². The molecule has 0 aliphatic heterocycles. The number of hydrogen-bond donors (Lipinski definition) is 2. The Kier molecular flexibility index (Phi) is 3.11. The highest BCUT2D eigenvalue weighted by Gasteiger charge is 2.24. The summed E-state index contributed by atoms with van der Waals surface area (Å²) in [4.78, 5) is 9.15. The van der Waals surface area contributed by atoms with Crippen molar-refractivity contribution in [3.63, 3.8) is 0 Å². The van der Waals surface area contributed by atoms with Crippen LogP contribution in [0.15, 0.2) is 0 Å².